The van der Waals surface area contributed by atoms with E-state index in [1.807, 2.05) is 0 Å². The quantitative estimate of drug-likeness (QED) is 0.743. The number of nitrogens with zero attached hydrogens (tertiary/aromatic N) is 1. The zero-order valence-corrected chi connectivity index (χ0v) is 15.0. The van der Waals surface area contributed by atoms with Crippen molar-refractivity contribution < 1.29 is 14.4 Å². The molecule has 26 heavy (non-hydrogen) atoms. The van der Waals surface area contributed by atoms with Crippen LogP contribution in [0.1, 0.15) is 17.3 Å². The van der Waals surface area contributed by atoms with Gasteiger partial charge in [0.25, 0.3) is 5.91 Å². The summed E-state index contributed by atoms with van der Waals surface area (Å²) in [5, 5.41) is 8.43. The second-order valence-electron chi connectivity index (χ2n) is 5.94. The van der Waals surface area contributed by atoms with Crippen molar-refractivity contribution >= 4 is 34.8 Å². The predicted octanol–water partition coefficient (Wildman–Crippen LogP) is 2.40. The Morgan fingerprint density at radius 3 is 2.15 bits per heavy atom. The van der Waals surface area contributed by atoms with E-state index in [1.54, 1.807) is 62.6 Å². The van der Waals surface area contributed by atoms with Crippen molar-refractivity contribution in [2.45, 2.75) is 6.92 Å². The number of benzene rings is 2. The Labute approximate surface area is 152 Å². The van der Waals surface area contributed by atoms with Crippen molar-refractivity contribution in [3.05, 3.63) is 54.1 Å². The Kier molecular flexibility index (Phi) is 6.32. The van der Waals surface area contributed by atoms with E-state index < -0.39 is 0 Å². The van der Waals surface area contributed by atoms with Crippen LogP contribution in [-0.4, -0.2) is 43.3 Å². The molecule has 0 unspecified atom stereocenters. The van der Waals surface area contributed by atoms with Crippen LogP contribution in [0.15, 0.2) is 48.5 Å². The number of hydrogen-bond donors (Lipinski definition) is 3. The fourth-order valence-corrected chi connectivity index (χ4v) is 2.25. The molecule has 0 aliphatic rings. The molecular formula is C19H22N4O3. The molecule has 3 amide bonds. The lowest BCUT2D eigenvalue weighted by molar-refractivity contribution is -0.115. The summed E-state index contributed by atoms with van der Waals surface area (Å²) in [6.45, 7) is 1.52. The van der Waals surface area contributed by atoms with Crippen LogP contribution in [0.2, 0.25) is 0 Å². The zero-order chi connectivity index (χ0) is 19.1. The van der Waals surface area contributed by atoms with E-state index in [0.717, 1.165) is 5.69 Å². The number of carbonyl (C=O) groups is 3. The van der Waals surface area contributed by atoms with Gasteiger partial charge in [0, 0.05) is 43.6 Å². The van der Waals surface area contributed by atoms with E-state index in [1.165, 1.54) is 11.8 Å². The van der Waals surface area contributed by atoms with Crippen LogP contribution >= 0.6 is 0 Å². The van der Waals surface area contributed by atoms with Gasteiger partial charge in [-0.1, -0.05) is 6.07 Å². The predicted molar refractivity (Wildman–Crippen MR) is 102 cm³/mol. The van der Waals surface area contributed by atoms with Gasteiger partial charge in [0.05, 0.1) is 6.54 Å². The van der Waals surface area contributed by atoms with Gasteiger partial charge in [-0.05, 0) is 42.5 Å². The molecular weight excluding hydrogens is 332 g/mol. The molecule has 3 N–H and O–H groups in total. The fourth-order valence-electron chi connectivity index (χ4n) is 2.25. The highest BCUT2D eigenvalue weighted by atomic mass is 16.2. The zero-order valence-electron chi connectivity index (χ0n) is 15.0. The minimum Gasteiger partial charge on any atom is -0.376 e. The highest BCUT2D eigenvalue weighted by Gasteiger charge is 2.09. The van der Waals surface area contributed by atoms with Gasteiger partial charge < -0.3 is 20.9 Å². The van der Waals surface area contributed by atoms with Crippen molar-refractivity contribution in [2.24, 2.45) is 0 Å². The number of nitrogens with one attached hydrogen (secondary N) is 3. The van der Waals surface area contributed by atoms with E-state index in [4.69, 9.17) is 0 Å². The van der Waals surface area contributed by atoms with Gasteiger partial charge in [-0.2, -0.15) is 0 Å². The van der Waals surface area contributed by atoms with Crippen molar-refractivity contribution in [1.29, 1.82) is 0 Å². The molecule has 7 nitrogen and oxygen atoms in total. The third-order valence-corrected chi connectivity index (χ3v) is 3.46. The maximum atomic E-state index is 12.1. The molecule has 0 spiro atoms. The lowest BCUT2D eigenvalue weighted by atomic mass is 10.2. The smallest absolute Gasteiger partial charge is 0.253 e. The molecule has 0 aliphatic carbocycles. The van der Waals surface area contributed by atoms with Crippen LogP contribution in [0.4, 0.5) is 17.1 Å². The maximum absolute atomic E-state index is 12.1. The molecule has 0 saturated heterocycles. The summed E-state index contributed by atoms with van der Waals surface area (Å²) < 4.78 is 0. The van der Waals surface area contributed by atoms with E-state index >= 15 is 0 Å². The van der Waals surface area contributed by atoms with Gasteiger partial charge in [0.15, 0.2) is 0 Å². The van der Waals surface area contributed by atoms with Gasteiger partial charge in [0.2, 0.25) is 11.8 Å². The summed E-state index contributed by atoms with van der Waals surface area (Å²) in [6.07, 6.45) is 0. The molecule has 2 aromatic rings. The molecule has 0 heterocycles. The highest BCUT2D eigenvalue weighted by Crippen LogP contribution is 2.14. The third-order valence-electron chi connectivity index (χ3n) is 3.46. The van der Waals surface area contributed by atoms with Crippen LogP contribution in [0.25, 0.3) is 0 Å². The summed E-state index contributed by atoms with van der Waals surface area (Å²) in [6, 6.07) is 13.8. The second kappa shape index (κ2) is 8.66. The Morgan fingerprint density at radius 1 is 0.885 bits per heavy atom. The molecule has 2 rings (SSSR count). The highest BCUT2D eigenvalue weighted by molar-refractivity contribution is 5.98. The largest absolute Gasteiger partial charge is 0.376 e. The van der Waals surface area contributed by atoms with Crippen molar-refractivity contribution in [2.75, 3.05) is 36.6 Å². The molecule has 0 aliphatic heterocycles. The Bertz CT molecular complexity index is 801. The van der Waals surface area contributed by atoms with Crippen molar-refractivity contribution in [3.63, 3.8) is 0 Å². The normalized spacial score (nSPS) is 9.96. The lowest BCUT2D eigenvalue weighted by Crippen LogP contribution is -2.23. The molecule has 0 radical (unpaired) electrons. The second-order valence-corrected chi connectivity index (χ2v) is 5.94. The summed E-state index contributed by atoms with van der Waals surface area (Å²) in [7, 11) is 3.35. The van der Waals surface area contributed by atoms with Gasteiger partial charge in [-0.25, -0.2) is 0 Å². The Morgan fingerprint density at radius 2 is 1.54 bits per heavy atom. The molecule has 0 bridgehead atoms. The van der Waals surface area contributed by atoms with Crippen LogP contribution in [0, 0.1) is 0 Å². The third kappa shape index (κ3) is 5.62. The first kappa shape index (κ1) is 19.0. The summed E-state index contributed by atoms with van der Waals surface area (Å²) in [5.74, 6) is -0.496. The number of carbonyl (C=O) groups excluding carboxylic acids is 3. The standard InChI is InChI=1S/C19H22N4O3/c1-13(24)21-16-9-7-15(8-10-16)20-12-18(25)22-17-6-4-5-14(11-17)19(26)23(2)3/h4-11,20H,12H2,1-3H3,(H,21,24)(H,22,25). The minimum absolute atomic E-state index is 0.0747. The number of amides is 3. The first-order valence-corrected chi connectivity index (χ1v) is 8.08. The average Bonchev–Trinajstić information content (AvgIpc) is 2.60. The SMILES string of the molecule is CC(=O)Nc1ccc(NCC(=O)Nc2cccc(C(=O)N(C)C)c2)cc1. The molecule has 2 aromatic carbocycles. The lowest BCUT2D eigenvalue weighted by Gasteiger charge is -2.12. The fraction of sp³-hybridized carbons (Fsp3) is 0.211. The summed E-state index contributed by atoms with van der Waals surface area (Å²) >= 11 is 0. The molecule has 7 heteroatoms. The molecule has 0 atom stereocenters. The van der Waals surface area contributed by atoms with Gasteiger partial charge >= 0.3 is 0 Å². The van der Waals surface area contributed by atoms with Crippen LogP contribution in [0.5, 0.6) is 0 Å². The Hall–Kier alpha value is -3.35. The van der Waals surface area contributed by atoms with Crippen molar-refractivity contribution in [1.82, 2.24) is 4.90 Å². The summed E-state index contributed by atoms with van der Waals surface area (Å²) in [4.78, 5) is 36.5. The van der Waals surface area contributed by atoms with Crippen LogP contribution in [-0.2, 0) is 9.59 Å². The molecule has 136 valence electrons. The monoisotopic (exact) mass is 354 g/mol. The van der Waals surface area contributed by atoms with Crippen molar-refractivity contribution in [3.8, 4) is 0 Å². The first-order valence-electron chi connectivity index (χ1n) is 8.08. The van der Waals surface area contributed by atoms with E-state index in [0.29, 0.717) is 16.9 Å². The minimum atomic E-state index is -0.231. The molecule has 0 saturated carbocycles. The van der Waals surface area contributed by atoms with Gasteiger partial charge in [0.1, 0.15) is 0 Å². The van der Waals surface area contributed by atoms with E-state index in [-0.39, 0.29) is 24.3 Å². The average molecular weight is 354 g/mol. The van der Waals surface area contributed by atoms with Crippen LogP contribution in [0.3, 0.4) is 0 Å². The number of rotatable bonds is 6. The topological polar surface area (TPSA) is 90.5 Å². The first-order chi connectivity index (χ1) is 12.3. The summed E-state index contributed by atoms with van der Waals surface area (Å²) in [5.41, 5.74) is 2.51. The molecule has 0 fully saturated rings. The van der Waals surface area contributed by atoms with Gasteiger partial charge in [-0.3, -0.25) is 14.4 Å². The number of anilines is 3. The van der Waals surface area contributed by atoms with E-state index in [2.05, 4.69) is 16.0 Å². The maximum Gasteiger partial charge on any atom is 0.253 e. The number of hydrogen-bond acceptors (Lipinski definition) is 4. The van der Waals surface area contributed by atoms with Gasteiger partial charge in [-0.15, -0.1) is 0 Å². The molecule has 0 aromatic heterocycles. The van der Waals surface area contributed by atoms with E-state index in [9.17, 15) is 14.4 Å². The Balaban J connectivity index is 1.90. The van der Waals surface area contributed by atoms with Crippen LogP contribution < -0.4 is 16.0 Å².